The van der Waals surface area contributed by atoms with Gasteiger partial charge >= 0.3 is 18.0 Å². The first-order chi connectivity index (χ1) is 37.8. The molecule has 1 heterocycles. The summed E-state index contributed by atoms with van der Waals surface area (Å²) in [6, 6.07) is 5.70. The lowest BCUT2D eigenvalue weighted by Gasteiger charge is -2.41. The fourth-order valence-corrected chi connectivity index (χ4v) is 9.89. The minimum absolute atomic E-state index is 0.00100. The van der Waals surface area contributed by atoms with E-state index < -0.39 is 103 Å². The average Bonchev–Trinajstić information content (AvgIpc) is 3.91. The number of nitrogens with one attached hydrogen (secondary N) is 4. The summed E-state index contributed by atoms with van der Waals surface area (Å²) in [5.41, 5.74) is 0.761. The summed E-state index contributed by atoms with van der Waals surface area (Å²) in [6.45, 7) is 17.6. The van der Waals surface area contributed by atoms with Gasteiger partial charge in [-0.15, -0.1) is 0 Å². The molecule has 0 radical (unpaired) electrons. The largest absolute Gasteiger partial charge is 0.458 e. The van der Waals surface area contributed by atoms with E-state index in [2.05, 4.69) is 21.3 Å². The zero-order chi connectivity index (χ0) is 60.4. The Hall–Kier alpha value is -5.46. The zero-order valence-corrected chi connectivity index (χ0v) is 50.4. The highest BCUT2D eigenvalue weighted by Gasteiger charge is 2.44. The van der Waals surface area contributed by atoms with Gasteiger partial charge in [0.25, 0.3) is 0 Å². The Morgan fingerprint density at radius 3 is 2.00 bits per heavy atom. The minimum atomic E-state index is -1.33. The summed E-state index contributed by atoms with van der Waals surface area (Å²) >= 11 is 0. The Balaban J connectivity index is 2.13. The van der Waals surface area contributed by atoms with Crippen LogP contribution in [0.15, 0.2) is 30.3 Å². The van der Waals surface area contributed by atoms with Crippen LogP contribution in [0.5, 0.6) is 0 Å². The smallest absolute Gasteiger partial charge is 0.407 e. The van der Waals surface area contributed by atoms with E-state index in [0.29, 0.717) is 32.2 Å². The van der Waals surface area contributed by atoms with E-state index in [0.717, 1.165) is 5.56 Å². The topological polar surface area (TPSA) is 279 Å². The number of amides is 6. The second kappa shape index (κ2) is 36.1. The molecule has 1 aliphatic rings. The van der Waals surface area contributed by atoms with Crippen molar-refractivity contribution < 1.29 is 76.6 Å². The molecule has 0 aliphatic carbocycles. The van der Waals surface area contributed by atoms with Gasteiger partial charge in [-0.25, -0.2) is 9.59 Å². The van der Waals surface area contributed by atoms with Gasteiger partial charge in [-0.3, -0.25) is 33.7 Å². The molecule has 0 aromatic heterocycles. The third-order valence-corrected chi connectivity index (χ3v) is 14.6. The maximum Gasteiger partial charge on any atom is 0.407 e. The van der Waals surface area contributed by atoms with Crippen molar-refractivity contribution in [1.29, 1.82) is 0 Å². The quantitative estimate of drug-likeness (QED) is 0.0367. The summed E-state index contributed by atoms with van der Waals surface area (Å²) in [6.07, 6.45) is -3.84. The number of carbonyl (C=O) groups excluding carboxylic acids is 8. The molecular weight excluding hydrogens is 1040 g/mol. The van der Waals surface area contributed by atoms with Crippen LogP contribution in [0.1, 0.15) is 113 Å². The Labute approximate surface area is 474 Å². The van der Waals surface area contributed by atoms with Crippen molar-refractivity contribution in [1.82, 2.24) is 36.0 Å². The maximum absolute atomic E-state index is 14.5. The van der Waals surface area contributed by atoms with E-state index in [9.17, 15) is 43.5 Å². The highest BCUT2D eigenvalue weighted by Crippen LogP contribution is 2.30. The van der Waals surface area contributed by atoms with Gasteiger partial charge in [0.05, 0.1) is 68.3 Å². The minimum Gasteiger partial charge on any atom is -0.458 e. The number of carbonyl (C=O) groups is 8. The number of likely N-dealkylation sites (tertiary alicyclic amines) is 1. The molecule has 6 amide bonds. The number of ether oxygens (including phenoxy) is 7. The molecule has 1 aromatic carbocycles. The van der Waals surface area contributed by atoms with Crippen LogP contribution < -0.4 is 21.3 Å². The van der Waals surface area contributed by atoms with Crippen molar-refractivity contribution in [3.8, 4) is 0 Å². The number of nitrogens with zero attached hydrogens (tertiary/aromatic N) is 3. The van der Waals surface area contributed by atoms with Gasteiger partial charge in [-0.2, -0.15) is 0 Å². The molecule has 23 heteroatoms. The predicted octanol–water partition coefficient (Wildman–Crippen LogP) is 3.22. The molecule has 1 aliphatic heterocycles. The number of aliphatic hydroxyl groups is 1. The van der Waals surface area contributed by atoms with Gasteiger partial charge in [0.1, 0.15) is 24.8 Å². The van der Waals surface area contributed by atoms with Gasteiger partial charge in [-0.05, 0) is 70.5 Å². The van der Waals surface area contributed by atoms with E-state index in [1.165, 1.54) is 35.2 Å². The molecular formula is C57H97N7O16. The molecule has 456 valence electrons. The summed E-state index contributed by atoms with van der Waals surface area (Å²) in [4.78, 5) is 113. The first-order valence-corrected chi connectivity index (χ1v) is 28.1. The number of hydrogen-bond donors (Lipinski definition) is 5. The van der Waals surface area contributed by atoms with E-state index in [1.807, 2.05) is 97.8 Å². The molecule has 2 unspecified atom stereocenters. The van der Waals surface area contributed by atoms with Gasteiger partial charge in [0, 0.05) is 47.9 Å². The van der Waals surface area contributed by atoms with Crippen LogP contribution >= 0.6 is 0 Å². The van der Waals surface area contributed by atoms with Crippen LogP contribution in [0.2, 0.25) is 0 Å². The van der Waals surface area contributed by atoms with Crippen LogP contribution in [0, 0.1) is 23.7 Å². The number of alkyl carbamates (subject to hydrolysis) is 1. The highest BCUT2D eigenvalue weighted by molar-refractivity contribution is 5.91. The third kappa shape index (κ3) is 22.5. The summed E-state index contributed by atoms with van der Waals surface area (Å²) in [7, 11) is 9.72. The van der Waals surface area contributed by atoms with Crippen LogP contribution in [0.3, 0.4) is 0 Å². The fraction of sp³-hybridized carbons (Fsp3) is 0.754. The van der Waals surface area contributed by atoms with Crippen molar-refractivity contribution in [3.05, 3.63) is 35.9 Å². The van der Waals surface area contributed by atoms with Crippen LogP contribution in [0.25, 0.3) is 0 Å². The normalized spacial score (nSPS) is 18.1. The first-order valence-electron chi connectivity index (χ1n) is 28.1. The standard InChI is InChI=1S/C57H97N7O16/c1-17-36(7)50(63(13)55(71)48(34(3)4)61-54(70)49(35(5)6)62(11)12)44(74-14)30-45(66)64-28-22-25-43(64)51(76-16)38(9)52(68)60-42(29-40-23-20-19-21-24-40)53(69)59-31-37(8)78-56(72)39(10)79-46(67)26-27-58-57(73)77-33-47(75-15)80-41(18-2)32-65/h19-21,23-24,34-39,41-44,47-51,65H,17-18,22,25-33H2,1-16H3,(H,58,73)(H,59,69)(H,60,68)(H,61,70)/t36-,37-,38+,39-,41?,42-,43-,44+,47?,48-,49-,50-,51+/m0/s1. The molecule has 23 nitrogen and oxygen atoms in total. The summed E-state index contributed by atoms with van der Waals surface area (Å²) < 4.78 is 38.4. The molecule has 5 N–H and O–H groups in total. The van der Waals surface area contributed by atoms with Crippen LogP contribution in [-0.4, -0.2) is 210 Å². The lowest BCUT2D eigenvalue weighted by atomic mass is 9.89. The molecule has 0 spiro atoms. The van der Waals surface area contributed by atoms with E-state index in [4.69, 9.17) is 33.2 Å². The molecule has 1 saturated heterocycles. The molecule has 13 atom stereocenters. The molecule has 2 rings (SSSR count). The van der Waals surface area contributed by atoms with Gasteiger partial charge in [0.2, 0.25) is 29.5 Å². The average molecular weight is 1140 g/mol. The van der Waals surface area contributed by atoms with E-state index in [1.54, 1.807) is 23.8 Å². The number of esters is 2. The molecule has 0 saturated carbocycles. The molecule has 1 aromatic rings. The molecule has 1 fully saturated rings. The second-order valence-electron chi connectivity index (χ2n) is 21.6. The molecule has 80 heavy (non-hydrogen) atoms. The van der Waals surface area contributed by atoms with Crippen molar-refractivity contribution in [2.75, 3.05) is 75.3 Å². The van der Waals surface area contributed by atoms with Crippen molar-refractivity contribution in [2.45, 2.75) is 181 Å². The lowest BCUT2D eigenvalue weighted by Crippen LogP contribution is -2.59. The monoisotopic (exact) mass is 1140 g/mol. The predicted molar refractivity (Wildman–Crippen MR) is 298 cm³/mol. The fourth-order valence-electron chi connectivity index (χ4n) is 9.89. The number of benzene rings is 1. The third-order valence-electron chi connectivity index (χ3n) is 14.6. The second-order valence-corrected chi connectivity index (χ2v) is 21.6. The Bertz CT molecular complexity index is 2070. The lowest BCUT2D eigenvalue weighted by molar-refractivity contribution is -0.181. The number of aliphatic hydroxyl groups excluding tert-OH is 1. The van der Waals surface area contributed by atoms with Crippen molar-refractivity contribution in [2.24, 2.45) is 23.7 Å². The van der Waals surface area contributed by atoms with E-state index in [-0.39, 0.29) is 81.0 Å². The Morgan fingerprint density at radius 1 is 0.787 bits per heavy atom. The summed E-state index contributed by atoms with van der Waals surface area (Å²) in [5, 5.41) is 20.4. The van der Waals surface area contributed by atoms with Gasteiger partial charge < -0.3 is 69.3 Å². The number of rotatable bonds is 36. The Kier molecular flexibility index (Phi) is 31.9. The van der Waals surface area contributed by atoms with Crippen molar-refractivity contribution >= 4 is 47.6 Å². The number of hydrogen-bond acceptors (Lipinski definition) is 17. The van der Waals surface area contributed by atoms with E-state index >= 15 is 0 Å². The van der Waals surface area contributed by atoms with Crippen molar-refractivity contribution in [3.63, 3.8) is 0 Å². The number of methoxy groups -OCH3 is 3. The molecule has 0 bridgehead atoms. The Morgan fingerprint density at radius 2 is 1.45 bits per heavy atom. The van der Waals surface area contributed by atoms with Crippen LogP contribution in [-0.2, 0) is 73.1 Å². The highest BCUT2D eigenvalue weighted by atomic mass is 16.7. The maximum atomic E-state index is 14.5. The zero-order valence-electron chi connectivity index (χ0n) is 50.4. The SMILES string of the molecule is CCC(CO)OC(COC(=O)NCCC(=O)O[C@@H](C)C(=O)O[C@@H](C)CNC(=O)[C@H](Cc1ccccc1)NC(=O)[C@H](C)[C@@H](OC)[C@@H]1CCCN1C(=O)C[C@@H](OC)[C@H]([C@@H](C)CC)N(C)C(=O)[C@@H](NC(=O)[C@H](C(C)C)N(C)C)C(C)C)OC. The van der Waals surface area contributed by atoms with Gasteiger partial charge in [0.15, 0.2) is 12.4 Å². The number of likely N-dealkylation sites (N-methyl/N-ethyl adjacent to an activating group) is 2. The summed E-state index contributed by atoms with van der Waals surface area (Å²) in [5.74, 6) is -4.68. The van der Waals surface area contributed by atoms with Crippen LogP contribution in [0.4, 0.5) is 4.79 Å². The van der Waals surface area contributed by atoms with Gasteiger partial charge in [-0.1, -0.05) is 92.1 Å². The first kappa shape index (κ1) is 70.6.